The molecule has 8 heteroatoms. The molecule has 0 radical (unpaired) electrons. The van der Waals surface area contributed by atoms with Crippen molar-refractivity contribution in [3.05, 3.63) is 71.8 Å². The van der Waals surface area contributed by atoms with Gasteiger partial charge in [-0.1, -0.05) is 48.0 Å². The summed E-state index contributed by atoms with van der Waals surface area (Å²) in [5, 5.41) is 7.10. The molecule has 2 fully saturated rings. The Balaban J connectivity index is 1.31. The summed E-state index contributed by atoms with van der Waals surface area (Å²) in [6.07, 6.45) is 3.66. The van der Waals surface area contributed by atoms with Gasteiger partial charge in [-0.3, -0.25) is 0 Å². The third-order valence-electron chi connectivity index (χ3n) is 7.32. The first kappa shape index (κ1) is 25.3. The predicted octanol–water partition coefficient (Wildman–Crippen LogP) is 4.98. The molecule has 194 valence electrons. The van der Waals surface area contributed by atoms with E-state index in [9.17, 15) is 0 Å². The maximum Gasteiger partial charge on any atom is 0.232 e. The molecule has 0 saturated carbocycles. The zero-order chi connectivity index (χ0) is 25.6. The topological polar surface area (TPSA) is 59.6 Å². The van der Waals surface area contributed by atoms with Crippen LogP contribution in [0, 0.1) is 6.92 Å². The molecule has 2 N–H and O–H groups in total. The molecule has 1 unspecified atom stereocenters. The normalized spacial score (nSPS) is 18.0. The van der Waals surface area contributed by atoms with Gasteiger partial charge in [-0.15, -0.1) is 0 Å². The van der Waals surface area contributed by atoms with Gasteiger partial charge in [0.15, 0.2) is 5.11 Å². The van der Waals surface area contributed by atoms with Crippen molar-refractivity contribution in [1.29, 1.82) is 0 Å². The largest absolute Gasteiger partial charge is 0.368 e. The Hall–Kier alpha value is -3.39. The van der Waals surface area contributed by atoms with Gasteiger partial charge in [0.1, 0.15) is 11.6 Å². The molecule has 2 aliphatic heterocycles. The summed E-state index contributed by atoms with van der Waals surface area (Å²) in [6.45, 7) is 9.81. The number of aromatic nitrogens is 2. The third-order valence-corrected chi connectivity index (χ3v) is 7.57. The highest BCUT2D eigenvalue weighted by atomic mass is 32.1. The van der Waals surface area contributed by atoms with E-state index in [1.54, 1.807) is 0 Å². The number of piperazine rings is 1. The van der Waals surface area contributed by atoms with Crippen LogP contribution in [0.3, 0.4) is 0 Å². The van der Waals surface area contributed by atoms with E-state index in [0.717, 1.165) is 44.4 Å². The third kappa shape index (κ3) is 6.49. The van der Waals surface area contributed by atoms with Crippen LogP contribution in [0.15, 0.2) is 60.7 Å². The second kappa shape index (κ2) is 11.8. The Kier molecular flexibility index (Phi) is 8.04. The highest BCUT2D eigenvalue weighted by Gasteiger charge is 2.24. The number of hydrogen-bond acceptors (Lipinski definition) is 6. The van der Waals surface area contributed by atoms with Crippen LogP contribution in [0.5, 0.6) is 0 Å². The van der Waals surface area contributed by atoms with Crippen molar-refractivity contribution >= 4 is 40.6 Å². The van der Waals surface area contributed by atoms with Gasteiger partial charge in [0, 0.05) is 57.1 Å². The lowest BCUT2D eigenvalue weighted by molar-refractivity contribution is 0.481. The van der Waals surface area contributed by atoms with Gasteiger partial charge in [-0.25, -0.2) is 0 Å². The van der Waals surface area contributed by atoms with Crippen molar-refractivity contribution in [3.8, 4) is 0 Å². The van der Waals surface area contributed by atoms with Crippen molar-refractivity contribution in [2.45, 2.75) is 45.7 Å². The summed E-state index contributed by atoms with van der Waals surface area (Å²) in [4.78, 5) is 17.0. The summed E-state index contributed by atoms with van der Waals surface area (Å²) in [7, 11) is 0. The molecule has 1 aromatic heterocycles. The molecule has 0 spiro atoms. The van der Waals surface area contributed by atoms with Crippen molar-refractivity contribution < 1.29 is 0 Å². The Bertz CT molecular complexity index is 1180. The first-order valence-corrected chi connectivity index (χ1v) is 13.8. The van der Waals surface area contributed by atoms with E-state index in [2.05, 4.69) is 99.8 Å². The van der Waals surface area contributed by atoms with Crippen LogP contribution in [0.4, 0.5) is 23.3 Å². The molecule has 2 aliphatic rings. The molecule has 37 heavy (non-hydrogen) atoms. The summed E-state index contributed by atoms with van der Waals surface area (Å²) in [6, 6.07) is 21.7. The van der Waals surface area contributed by atoms with Crippen molar-refractivity contribution in [2.75, 3.05) is 52.7 Å². The molecular formula is C29H37N7S. The molecule has 3 aromatic rings. The first-order valence-electron chi connectivity index (χ1n) is 13.4. The van der Waals surface area contributed by atoms with Gasteiger partial charge >= 0.3 is 0 Å². The summed E-state index contributed by atoms with van der Waals surface area (Å²) in [5.41, 5.74) is 3.71. The Morgan fingerprint density at radius 2 is 1.59 bits per heavy atom. The second-order valence-corrected chi connectivity index (χ2v) is 10.5. The lowest BCUT2D eigenvalue weighted by Gasteiger charge is -2.38. The van der Waals surface area contributed by atoms with Crippen molar-refractivity contribution in [3.63, 3.8) is 0 Å². The highest BCUT2D eigenvalue weighted by Crippen LogP contribution is 2.28. The Morgan fingerprint density at radius 3 is 2.32 bits per heavy atom. The fourth-order valence-electron chi connectivity index (χ4n) is 5.09. The van der Waals surface area contributed by atoms with E-state index < -0.39 is 0 Å². The number of hydrogen-bond donors (Lipinski definition) is 2. The van der Waals surface area contributed by atoms with Crippen LogP contribution in [-0.4, -0.2) is 53.8 Å². The number of nitrogens with zero attached hydrogens (tertiary/aromatic N) is 5. The number of thiocarbonyl (C=S) groups is 1. The predicted molar refractivity (Wildman–Crippen MR) is 158 cm³/mol. The van der Waals surface area contributed by atoms with Crippen molar-refractivity contribution in [1.82, 2.24) is 15.3 Å². The van der Waals surface area contributed by atoms with Crippen LogP contribution in [-0.2, 0) is 6.54 Å². The van der Waals surface area contributed by atoms with Crippen LogP contribution < -0.4 is 25.3 Å². The molecule has 0 bridgehead atoms. The monoisotopic (exact) mass is 515 g/mol. The number of nitrogens with one attached hydrogen (secondary N) is 2. The molecule has 7 nitrogen and oxygen atoms in total. The van der Waals surface area contributed by atoms with E-state index >= 15 is 0 Å². The fourth-order valence-corrected chi connectivity index (χ4v) is 5.26. The van der Waals surface area contributed by atoms with Crippen LogP contribution in [0.1, 0.15) is 37.3 Å². The van der Waals surface area contributed by atoms with E-state index in [1.165, 1.54) is 36.1 Å². The minimum atomic E-state index is 0.464. The summed E-state index contributed by atoms with van der Waals surface area (Å²) >= 11 is 5.62. The molecule has 2 aromatic carbocycles. The standard InChI is InChI=1S/C29H37N7S/c1-22-11-13-24(14-12-22)21-30-29(37)33-28-31-26(20-27(32-28)36-15-7-6-8-23(36)2)35-18-16-34(17-19-35)25-9-4-3-5-10-25/h3-5,9-14,20,23H,6-8,15-19,21H2,1-2H3,(H2,30,31,32,33,37). The minimum Gasteiger partial charge on any atom is -0.368 e. The average molecular weight is 516 g/mol. The van der Waals surface area contributed by atoms with E-state index in [4.69, 9.17) is 22.2 Å². The minimum absolute atomic E-state index is 0.464. The smallest absolute Gasteiger partial charge is 0.232 e. The van der Waals surface area contributed by atoms with Crippen LogP contribution >= 0.6 is 12.2 Å². The maximum atomic E-state index is 5.62. The molecular weight excluding hydrogens is 478 g/mol. The zero-order valence-corrected chi connectivity index (χ0v) is 22.7. The van der Waals surface area contributed by atoms with Gasteiger partial charge in [0.25, 0.3) is 0 Å². The molecule has 0 aliphatic carbocycles. The van der Waals surface area contributed by atoms with Gasteiger partial charge < -0.3 is 25.3 Å². The first-order chi connectivity index (χ1) is 18.0. The van der Waals surface area contributed by atoms with Gasteiger partial charge in [0.2, 0.25) is 5.95 Å². The molecule has 3 heterocycles. The lowest BCUT2D eigenvalue weighted by Crippen LogP contribution is -2.47. The zero-order valence-electron chi connectivity index (χ0n) is 21.9. The van der Waals surface area contributed by atoms with Gasteiger partial charge in [-0.05, 0) is 63.0 Å². The number of anilines is 4. The second-order valence-electron chi connectivity index (χ2n) is 10.0. The van der Waals surface area contributed by atoms with Crippen LogP contribution in [0.2, 0.25) is 0 Å². The van der Waals surface area contributed by atoms with Crippen molar-refractivity contribution in [2.24, 2.45) is 0 Å². The van der Waals surface area contributed by atoms with E-state index in [-0.39, 0.29) is 0 Å². The number of benzene rings is 2. The number of piperidine rings is 1. The molecule has 0 amide bonds. The van der Waals surface area contributed by atoms with Gasteiger partial charge in [-0.2, -0.15) is 9.97 Å². The molecule has 2 saturated heterocycles. The Labute approximate surface area is 225 Å². The Morgan fingerprint density at radius 1 is 0.892 bits per heavy atom. The highest BCUT2D eigenvalue weighted by molar-refractivity contribution is 7.80. The SMILES string of the molecule is Cc1ccc(CNC(=S)Nc2nc(N3CCN(c4ccccc4)CC3)cc(N3CCCCC3C)n2)cc1. The van der Waals surface area contributed by atoms with E-state index in [1.807, 2.05) is 0 Å². The van der Waals surface area contributed by atoms with Gasteiger partial charge in [0.05, 0.1) is 0 Å². The van der Waals surface area contributed by atoms with Crippen LogP contribution in [0.25, 0.3) is 0 Å². The average Bonchev–Trinajstić information content (AvgIpc) is 2.93. The lowest BCUT2D eigenvalue weighted by atomic mass is 10.0. The fraction of sp³-hybridized carbons (Fsp3) is 0.414. The maximum absolute atomic E-state index is 5.62. The number of aryl methyl sites for hydroxylation is 1. The molecule has 1 atom stereocenters. The number of rotatable bonds is 6. The number of para-hydroxylation sites is 1. The van der Waals surface area contributed by atoms with E-state index in [0.29, 0.717) is 23.6 Å². The summed E-state index contributed by atoms with van der Waals surface area (Å²) < 4.78 is 0. The quantitative estimate of drug-likeness (QED) is 0.446. The molecule has 5 rings (SSSR count). The summed E-state index contributed by atoms with van der Waals surface area (Å²) in [5.74, 6) is 2.49.